The number of anilines is 1. The first kappa shape index (κ1) is 19.7. The molecular formula is C20H14Cl2N2O4. The zero-order chi connectivity index (χ0) is 20.1. The number of ether oxygens (including phenoxy) is 2. The second-order valence-corrected chi connectivity index (χ2v) is 6.45. The molecule has 142 valence electrons. The topological polar surface area (TPSA) is 77.5 Å². The van der Waals surface area contributed by atoms with Gasteiger partial charge < -0.3 is 14.8 Å². The van der Waals surface area contributed by atoms with Crippen LogP contribution in [0.4, 0.5) is 5.69 Å². The van der Waals surface area contributed by atoms with Crippen LogP contribution in [-0.2, 0) is 4.79 Å². The molecule has 0 aliphatic rings. The van der Waals surface area contributed by atoms with E-state index in [1.54, 1.807) is 48.5 Å². The van der Waals surface area contributed by atoms with Crippen molar-refractivity contribution < 1.29 is 19.1 Å². The van der Waals surface area contributed by atoms with E-state index in [4.69, 9.17) is 32.7 Å². The third kappa shape index (κ3) is 5.22. The molecule has 28 heavy (non-hydrogen) atoms. The Kier molecular flexibility index (Phi) is 6.13. The number of amides is 1. The zero-order valence-corrected chi connectivity index (χ0v) is 16.1. The molecule has 8 heteroatoms. The Morgan fingerprint density at radius 3 is 2.43 bits per heavy atom. The van der Waals surface area contributed by atoms with Crippen LogP contribution in [0.1, 0.15) is 17.3 Å². The second kappa shape index (κ2) is 8.73. The number of hydrogen-bond donors (Lipinski definition) is 1. The van der Waals surface area contributed by atoms with Crippen molar-refractivity contribution in [2.24, 2.45) is 0 Å². The number of carbonyl (C=O) groups excluding carboxylic acids is 2. The number of rotatable bonds is 5. The van der Waals surface area contributed by atoms with Crippen LogP contribution < -0.4 is 14.8 Å². The molecule has 0 atom stereocenters. The highest BCUT2D eigenvalue weighted by molar-refractivity contribution is 6.42. The maximum absolute atomic E-state index is 12.3. The molecule has 1 N–H and O–H groups in total. The summed E-state index contributed by atoms with van der Waals surface area (Å²) in [6, 6.07) is 14.5. The van der Waals surface area contributed by atoms with E-state index in [1.807, 2.05) is 0 Å². The number of pyridine rings is 1. The van der Waals surface area contributed by atoms with Gasteiger partial charge in [0.2, 0.25) is 5.88 Å². The standard InChI is InChI=1S/C20H14Cl2N2O4/c1-12(25)27-15-3-2-4-16(10-15)28-19-8-6-14(11-23-19)24-20(26)13-5-7-17(21)18(22)9-13/h2-11H,1H3,(H,24,26). The molecule has 3 rings (SSSR count). The van der Waals surface area contributed by atoms with E-state index in [9.17, 15) is 9.59 Å². The van der Waals surface area contributed by atoms with Gasteiger partial charge in [0.15, 0.2) is 0 Å². The molecule has 0 unspecified atom stereocenters. The van der Waals surface area contributed by atoms with E-state index < -0.39 is 5.97 Å². The number of nitrogens with one attached hydrogen (secondary N) is 1. The smallest absolute Gasteiger partial charge is 0.308 e. The summed E-state index contributed by atoms with van der Waals surface area (Å²) in [7, 11) is 0. The first-order valence-corrected chi connectivity index (χ1v) is 8.85. The third-order valence-corrected chi connectivity index (χ3v) is 4.20. The van der Waals surface area contributed by atoms with Gasteiger partial charge in [0.05, 0.1) is 21.9 Å². The van der Waals surface area contributed by atoms with Crippen LogP contribution in [0.25, 0.3) is 0 Å². The van der Waals surface area contributed by atoms with Gasteiger partial charge >= 0.3 is 5.97 Å². The van der Waals surface area contributed by atoms with Gasteiger partial charge in [0, 0.05) is 24.6 Å². The summed E-state index contributed by atoms with van der Waals surface area (Å²) in [5.74, 6) is 0.377. The Balaban J connectivity index is 1.65. The molecule has 1 amide bonds. The number of hydrogen-bond acceptors (Lipinski definition) is 5. The van der Waals surface area contributed by atoms with E-state index in [-0.39, 0.29) is 5.91 Å². The minimum absolute atomic E-state index is 0.298. The minimum Gasteiger partial charge on any atom is -0.439 e. The van der Waals surface area contributed by atoms with E-state index in [2.05, 4.69) is 10.3 Å². The summed E-state index contributed by atoms with van der Waals surface area (Å²) in [5.41, 5.74) is 0.856. The molecule has 0 aliphatic heterocycles. The fraction of sp³-hybridized carbons (Fsp3) is 0.0500. The number of aromatic nitrogens is 1. The molecule has 0 saturated heterocycles. The number of carbonyl (C=O) groups is 2. The Hall–Kier alpha value is -3.09. The lowest BCUT2D eigenvalue weighted by Gasteiger charge is -2.09. The molecule has 3 aromatic rings. The molecular weight excluding hydrogens is 403 g/mol. The van der Waals surface area contributed by atoms with Crippen LogP contribution in [0, 0.1) is 0 Å². The first-order valence-electron chi connectivity index (χ1n) is 8.09. The van der Waals surface area contributed by atoms with Crippen molar-refractivity contribution >= 4 is 40.8 Å². The van der Waals surface area contributed by atoms with Crippen LogP contribution in [0.15, 0.2) is 60.8 Å². The fourth-order valence-electron chi connectivity index (χ4n) is 2.24. The predicted octanol–water partition coefficient (Wildman–Crippen LogP) is 5.36. The minimum atomic E-state index is -0.419. The molecule has 1 heterocycles. The number of benzene rings is 2. The summed E-state index contributed by atoms with van der Waals surface area (Å²) in [6.45, 7) is 1.32. The van der Waals surface area contributed by atoms with Gasteiger partial charge in [0.25, 0.3) is 5.91 Å². The zero-order valence-electron chi connectivity index (χ0n) is 14.6. The highest BCUT2D eigenvalue weighted by atomic mass is 35.5. The summed E-state index contributed by atoms with van der Waals surface area (Å²) < 4.78 is 10.6. The summed E-state index contributed by atoms with van der Waals surface area (Å²) >= 11 is 11.8. The molecule has 0 aliphatic carbocycles. The largest absolute Gasteiger partial charge is 0.439 e. The molecule has 0 radical (unpaired) electrons. The van der Waals surface area contributed by atoms with E-state index in [0.29, 0.717) is 38.7 Å². The van der Waals surface area contributed by atoms with Crippen molar-refractivity contribution in [3.8, 4) is 17.4 Å². The molecule has 1 aromatic heterocycles. The van der Waals surface area contributed by atoms with Crippen LogP contribution >= 0.6 is 23.2 Å². The fourth-order valence-corrected chi connectivity index (χ4v) is 2.54. The molecule has 6 nitrogen and oxygen atoms in total. The number of esters is 1. The lowest BCUT2D eigenvalue weighted by Crippen LogP contribution is -2.12. The highest BCUT2D eigenvalue weighted by Crippen LogP contribution is 2.25. The van der Waals surface area contributed by atoms with Gasteiger partial charge in [-0.1, -0.05) is 29.3 Å². The van der Waals surface area contributed by atoms with Gasteiger partial charge in [-0.25, -0.2) is 4.98 Å². The van der Waals surface area contributed by atoms with Crippen molar-refractivity contribution in [1.29, 1.82) is 0 Å². The van der Waals surface area contributed by atoms with Gasteiger partial charge in [-0.05, 0) is 36.4 Å². The average Bonchev–Trinajstić information content (AvgIpc) is 2.65. The maximum atomic E-state index is 12.3. The first-order chi connectivity index (χ1) is 13.4. The summed E-state index contributed by atoms with van der Waals surface area (Å²) in [6.07, 6.45) is 1.46. The lowest BCUT2D eigenvalue weighted by molar-refractivity contribution is -0.131. The molecule has 0 fully saturated rings. The third-order valence-electron chi connectivity index (χ3n) is 3.47. The van der Waals surface area contributed by atoms with Gasteiger partial charge in [-0.3, -0.25) is 9.59 Å². The van der Waals surface area contributed by atoms with E-state index in [0.717, 1.165) is 0 Å². The number of halogens is 2. The normalized spacial score (nSPS) is 10.2. The van der Waals surface area contributed by atoms with Crippen molar-refractivity contribution in [2.75, 3.05) is 5.32 Å². The molecule has 0 bridgehead atoms. The molecule has 2 aromatic carbocycles. The SMILES string of the molecule is CC(=O)Oc1cccc(Oc2ccc(NC(=O)c3ccc(Cl)c(Cl)c3)cn2)c1. The molecule has 0 spiro atoms. The van der Waals surface area contributed by atoms with Crippen molar-refractivity contribution in [3.63, 3.8) is 0 Å². The quantitative estimate of drug-likeness (QED) is 0.447. The van der Waals surface area contributed by atoms with E-state index in [1.165, 1.54) is 19.2 Å². The van der Waals surface area contributed by atoms with Crippen LogP contribution in [0.3, 0.4) is 0 Å². The van der Waals surface area contributed by atoms with Crippen LogP contribution in [-0.4, -0.2) is 16.9 Å². The highest BCUT2D eigenvalue weighted by Gasteiger charge is 2.09. The van der Waals surface area contributed by atoms with Crippen molar-refractivity contribution in [3.05, 3.63) is 76.4 Å². The second-order valence-electron chi connectivity index (χ2n) is 5.64. The Morgan fingerprint density at radius 2 is 1.75 bits per heavy atom. The average molecular weight is 417 g/mol. The maximum Gasteiger partial charge on any atom is 0.308 e. The van der Waals surface area contributed by atoms with Gasteiger partial charge in [-0.2, -0.15) is 0 Å². The molecule has 0 saturated carbocycles. The van der Waals surface area contributed by atoms with Gasteiger partial charge in [-0.15, -0.1) is 0 Å². The predicted molar refractivity (Wildman–Crippen MR) is 106 cm³/mol. The lowest BCUT2D eigenvalue weighted by atomic mass is 10.2. The Labute approximate surface area is 171 Å². The van der Waals surface area contributed by atoms with Gasteiger partial charge in [0.1, 0.15) is 11.5 Å². The van der Waals surface area contributed by atoms with Crippen LogP contribution in [0.5, 0.6) is 17.4 Å². The summed E-state index contributed by atoms with van der Waals surface area (Å²) in [4.78, 5) is 27.4. The van der Waals surface area contributed by atoms with Crippen LogP contribution in [0.2, 0.25) is 10.0 Å². The summed E-state index contributed by atoms with van der Waals surface area (Å²) in [5, 5.41) is 3.38. The van der Waals surface area contributed by atoms with Crippen molar-refractivity contribution in [2.45, 2.75) is 6.92 Å². The Morgan fingerprint density at radius 1 is 0.964 bits per heavy atom. The monoisotopic (exact) mass is 416 g/mol. The van der Waals surface area contributed by atoms with E-state index >= 15 is 0 Å². The Bertz CT molecular complexity index is 1020. The van der Waals surface area contributed by atoms with Crippen molar-refractivity contribution in [1.82, 2.24) is 4.98 Å². The number of nitrogens with zero attached hydrogens (tertiary/aromatic N) is 1.